The van der Waals surface area contributed by atoms with Crippen molar-refractivity contribution >= 4 is 27.3 Å². The predicted octanol–water partition coefficient (Wildman–Crippen LogP) is 3.82. The van der Waals surface area contributed by atoms with E-state index in [1.807, 2.05) is 16.8 Å². The monoisotopic (exact) mass is 337 g/mol. The van der Waals surface area contributed by atoms with Crippen molar-refractivity contribution in [1.29, 1.82) is 0 Å². The highest BCUT2D eigenvalue weighted by molar-refractivity contribution is 9.10. The van der Waals surface area contributed by atoms with Crippen LogP contribution in [-0.2, 0) is 6.42 Å². The van der Waals surface area contributed by atoms with E-state index in [9.17, 15) is 5.11 Å². The van der Waals surface area contributed by atoms with Crippen molar-refractivity contribution in [3.63, 3.8) is 0 Å². The summed E-state index contributed by atoms with van der Waals surface area (Å²) in [5, 5.41) is 17.6. The maximum atomic E-state index is 10.1. The molecule has 100 valence electrons. The van der Waals surface area contributed by atoms with Gasteiger partial charge in [-0.3, -0.25) is 0 Å². The van der Waals surface area contributed by atoms with Crippen molar-refractivity contribution in [1.82, 2.24) is 5.32 Å². The van der Waals surface area contributed by atoms with E-state index in [4.69, 9.17) is 0 Å². The fourth-order valence-electron chi connectivity index (χ4n) is 2.63. The van der Waals surface area contributed by atoms with Gasteiger partial charge in [-0.2, -0.15) is 11.3 Å². The molecule has 0 saturated heterocycles. The van der Waals surface area contributed by atoms with Crippen LogP contribution in [0.15, 0.2) is 39.5 Å². The molecule has 1 aliphatic carbocycles. The van der Waals surface area contributed by atoms with Gasteiger partial charge in [-0.15, -0.1) is 0 Å². The van der Waals surface area contributed by atoms with Crippen molar-refractivity contribution in [3.8, 4) is 0 Å². The van der Waals surface area contributed by atoms with Crippen LogP contribution in [0, 0.1) is 0 Å². The minimum Gasteiger partial charge on any atom is -0.387 e. The number of halogens is 1. The smallest absolute Gasteiger partial charge is 0.0922 e. The fourth-order valence-corrected chi connectivity index (χ4v) is 3.75. The van der Waals surface area contributed by atoms with Gasteiger partial charge >= 0.3 is 0 Å². The molecule has 2 unspecified atom stereocenters. The van der Waals surface area contributed by atoms with Gasteiger partial charge < -0.3 is 10.4 Å². The van der Waals surface area contributed by atoms with E-state index in [-0.39, 0.29) is 0 Å². The summed E-state index contributed by atoms with van der Waals surface area (Å²) in [5.74, 6) is 0. The molecule has 0 bridgehead atoms. The quantitative estimate of drug-likeness (QED) is 0.888. The minimum absolute atomic E-state index is 0.372. The number of hydrogen-bond donors (Lipinski definition) is 2. The van der Waals surface area contributed by atoms with Crippen LogP contribution >= 0.6 is 27.3 Å². The predicted molar refractivity (Wildman–Crippen MR) is 82.5 cm³/mol. The SMILES string of the molecule is OC(CNC1CCc2cc(Br)ccc21)c1ccsc1. The Balaban J connectivity index is 1.64. The zero-order valence-electron chi connectivity index (χ0n) is 10.5. The van der Waals surface area contributed by atoms with E-state index >= 15 is 0 Å². The third kappa shape index (κ3) is 2.92. The second kappa shape index (κ2) is 5.75. The van der Waals surface area contributed by atoms with Crippen molar-refractivity contribution in [3.05, 3.63) is 56.2 Å². The lowest BCUT2D eigenvalue weighted by molar-refractivity contribution is 0.170. The zero-order chi connectivity index (χ0) is 13.2. The average molecular weight is 338 g/mol. The van der Waals surface area contributed by atoms with Crippen LogP contribution in [0.3, 0.4) is 0 Å². The summed E-state index contributed by atoms with van der Waals surface area (Å²) in [6.07, 6.45) is 1.81. The number of rotatable bonds is 4. The van der Waals surface area contributed by atoms with Crippen molar-refractivity contribution in [2.45, 2.75) is 25.0 Å². The van der Waals surface area contributed by atoms with Crippen LogP contribution in [0.25, 0.3) is 0 Å². The van der Waals surface area contributed by atoms with Crippen LogP contribution in [0.1, 0.15) is 35.3 Å². The molecule has 2 nitrogen and oxygen atoms in total. The maximum absolute atomic E-state index is 10.1. The summed E-state index contributed by atoms with van der Waals surface area (Å²) in [6.45, 7) is 0.608. The van der Waals surface area contributed by atoms with E-state index in [1.54, 1.807) is 11.3 Å². The summed E-state index contributed by atoms with van der Waals surface area (Å²) in [6, 6.07) is 8.83. The Morgan fingerprint density at radius 3 is 3.11 bits per heavy atom. The molecule has 2 N–H and O–H groups in total. The van der Waals surface area contributed by atoms with E-state index in [1.165, 1.54) is 11.1 Å². The van der Waals surface area contributed by atoms with Gasteiger partial charge in [-0.05, 0) is 58.5 Å². The number of thiophene rings is 1. The Hall–Kier alpha value is -0.680. The molecule has 1 aromatic carbocycles. The Bertz CT molecular complexity index is 555. The molecule has 2 aromatic rings. The molecule has 4 heteroatoms. The molecule has 2 atom stereocenters. The standard InChI is InChI=1S/C15H16BrNOS/c16-12-2-3-13-10(7-12)1-4-14(13)17-8-15(18)11-5-6-19-9-11/h2-3,5-7,9,14-15,17-18H,1,4,8H2. The molecule has 0 radical (unpaired) electrons. The summed E-state index contributed by atoms with van der Waals surface area (Å²) in [4.78, 5) is 0. The van der Waals surface area contributed by atoms with Crippen molar-refractivity contribution in [2.24, 2.45) is 0 Å². The lowest BCUT2D eigenvalue weighted by atomic mass is 10.1. The molecule has 0 spiro atoms. The topological polar surface area (TPSA) is 32.3 Å². The van der Waals surface area contributed by atoms with Crippen LogP contribution in [-0.4, -0.2) is 11.7 Å². The highest BCUT2D eigenvalue weighted by atomic mass is 79.9. The number of aliphatic hydroxyl groups excluding tert-OH is 1. The molecule has 1 aliphatic rings. The van der Waals surface area contributed by atoms with E-state index in [0.717, 1.165) is 22.9 Å². The number of aliphatic hydroxyl groups is 1. The molecule has 0 amide bonds. The Morgan fingerprint density at radius 2 is 2.32 bits per heavy atom. The molecular weight excluding hydrogens is 322 g/mol. The summed E-state index contributed by atoms with van der Waals surface area (Å²) in [5.41, 5.74) is 3.80. The second-order valence-electron chi connectivity index (χ2n) is 4.92. The summed E-state index contributed by atoms with van der Waals surface area (Å²) >= 11 is 5.14. The number of fused-ring (bicyclic) bond motifs is 1. The normalized spacial score (nSPS) is 19.4. The molecule has 0 saturated carbocycles. The first-order valence-electron chi connectivity index (χ1n) is 6.46. The van der Waals surface area contributed by atoms with Crippen molar-refractivity contribution in [2.75, 3.05) is 6.54 Å². The van der Waals surface area contributed by atoms with Gasteiger partial charge in [0.25, 0.3) is 0 Å². The number of aryl methyl sites for hydroxylation is 1. The van der Waals surface area contributed by atoms with Gasteiger partial charge in [-0.1, -0.05) is 22.0 Å². The third-order valence-electron chi connectivity index (χ3n) is 3.67. The summed E-state index contributed by atoms with van der Waals surface area (Å²) in [7, 11) is 0. The zero-order valence-corrected chi connectivity index (χ0v) is 12.9. The van der Waals surface area contributed by atoms with Crippen LogP contribution in [0.5, 0.6) is 0 Å². The van der Waals surface area contributed by atoms with Crippen molar-refractivity contribution < 1.29 is 5.11 Å². The Kier molecular flexibility index (Phi) is 4.03. The first-order valence-corrected chi connectivity index (χ1v) is 8.19. The molecule has 1 heterocycles. The second-order valence-corrected chi connectivity index (χ2v) is 6.61. The van der Waals surface area contributed by atoms with Crippen LogP contribution in [0.4, 0.5) is 0 Å². The number of nitrogens with one attached hydrogen (secondary N) is 1. The highest BCUT2D eigenvalue weighted by Crippen LogP contribution is 2.33. The molecule has 3 rings (SSSR count). The first kappa shape index (κ1) is 13.3. The van der Waals surface area contributed by atoms with Crippen LogP contribution in [0.2, 0.25) is 0 Å². The van der Waals surface area contributed by atoms with Gasteiger partial charge in [0.15, 0.2) is 0 Å². The Labute approximate surface area is 125 Å². The maximum Gasteiger partial charge on any atom is 0.0922 e. The molecule has 19 heavy (non-hydrogen) atoms. The van der Waals surface area contributed by atoms with Crippen LogP contribution < -0.4 is 5.32 Å². The molecule has 0 fully saturated rings. The van der Waals surface area contributed by atoms with E-state index in [0.29, 0.717) is 12.6 Å². The lowest BCUT2D eigenvalue weighted by Crippen LogP contribution is -2.24. The van der Waals surface area contributed by atoms with E-state index < -0.39 is 6.10 Å². The Morgan fingerprint density at radius 1 is 1.42 bits per heavy atom. The first-order chi connectivity index (χ1) is 9.24. The largest absolute Gasteiger partial charge is 0.387 e. The highest BCUT2D eigenvalue weighted by Gasteiger charge is 2.22. The lowest BCUT2D eigenvalue weighted by Gasteiger charge is -2.17. The number of benzene rings is 1. The van der Waals surface area contributed by atoms with E-state index in [2.05, 4.69) is 39.4 Å². The average Bonchev–Trinajstić information content (AvgIpc) is 3.05. The van der Waals surface area contributed by atoms with Gasteiger partial charge in [0, 0.05) is 17.1 Å². The number of hydrogen-bond acceptors (Lipinski definition) is 3. The van der Waals surface area contributed by atoms with Gasteiger partial charge in [0.05, 0.1) is 6.10 Å². The summed E-state index contributed by atoms with van der Waals surface area (Å²) < 4.78 is 1.14. The van der Waals surface area contributed by atoms with Gasteiger partial charge in [-0.25, -0.2) is 0 Å². The fraction of sp³-hybridized carbons (Fsp3) is 0.333. The third-order valence-corrected chi connectivity index (χ3v) is 4.86. The molecule has 0 aliphatic heterocycles. The van der Waals surface area contributed by atoms with Gasteiger partial charge in [0.1, 0.15) is 0 Å². The molecule has 1 aromatic heterocycles. The molecular formula is C15H16BrNOS. The minimum atomic E-state index is -0.411. The van der Waals surface area contributed by atoms with Gasteiger partial charge in [0.2, 0.25) is 0 Å².